The van der Waals surface area contributed by atoms with Crippen LogP contribution in [0.5, 0.6) is 0 Å². The lowest BCUT2D eigenvalue weighted by atomic mass is 9.86. The summed E-state index contributed by atoms with van der Waals surface area (Å²) in [5.41, 5.74) is 0.438. The van der Waals surface area contributed by atoms with E-state index < -0.39 is 35.3 Å². The van der Waals surface area contributed by atoms with Gasteiger partial charge in [-0.05, 0) is 54.8 Å². The molecule has 2 aliphatic rings. The largest absolute Gasteiger partial charge is 0.486 e. The standard InChI is InChI=1S/C33H39N3O6S2/c1-4-6-18-33(19-7-5-2)32(41)36(23-16-12-9-13-17-23)28-25(44-35-33)20-24(30(43-3)29(28)38)42-21-26(37)34-27(31(39)40)22-14-10-8-11-15-22/h8-17,20,27,30,35H,4-7,18-19,21H2,1-3H3,(H,34,37)(H,39,40)/t27-,30?/m1/s1. The fourth-order valence-corrected chi connectivity index (χ4v) is 7.06. The monoisotopic (exact) mass is 637 g/mol. The summed E-state index contributed by atoms with van der Waals surface area (Å²) >= 11 is 2.49. The highest BCUT2D eigenvalue weighted by atomic mass is 32.2. The van der Waals surface area contributed by atoms with Gasteiger partial charge in [-0.2, -0.15) is 0 Å². The summed E-state index contributed by atoms with van der Waals surface area (Å²) in [6.45, 7) is 3.70. The van der Waals surface area contributed by atoms with E-state index in [9.17, 15) is 24.3 Å². The Hall–Kier alpha value is -3.54. The number of benzene rings is 2. The zero-order chi connectivity index (χ0) is 31.7. The fraction of sp³-hybridized carbons (Fsp3) is 0.394. The van der Waals surface area contributed by atoms with Crippen molar-refractivity contribution in [2.45, 2.75) is 69.2 Å². The van der Waals surface area contributed by atoms with E-state index in [0.717, 1.165) is 25.7 Å². The molecule has 4 rings (SSSR count). The summed E-state index contributed by atoms with van der Waals surface area (Å²) in [4.78, 5) is 55.6. The van der Waals surface area contributed by atoms with Gasteiger partial charge in [0, 0.05) is 5.69 Å². The molecule has 0 radical (unpaired) electrons. The van der Waals surface area contributed by atoms with Gasteiger partial charge in [0.15, 0.2) is 12.6 Å². The molecule has 11 heteroatoms. The fourth-order valence-electron chi connectivity index (χ4n) is 5.30. The van der Waals surface area contributed by atoms with Crippen molar-refractivity contribution in [1.82, 2.24) is 10.0 Å². The van der Waals surface area contributed by atoms with Gasteiger partial charge in [0.2, 0.25) is 5.78 Å². The Balaban J connectivity index is 1.67. The van der Waals surface area contributed by atoms with Gasteiger partial charge >= 0.3 is 5.97 Å². The predicted octanol–water partition coefficient (Wildman–Crippen LogP) is 5.76. The van der Waals surface area contributed by atoms with Crippen LogP contribution in [-0.2, 0) is 23.9 Å². The van der Waals surface area contributed by atoms with Crippen molar-refractivity contribution in [3.8, 4) is 0 Å². The smallest absolute Gasteiger partial charge is 0.330 e. The minimum absolute atomic E-state index is 0.158. The maximum absolute atomic E-state index is 14.6. The number of unbranched alkanes of at least 4 members (excludes halogenated alkanes) is 2. The van der Waals surface area contributed by atoms with Crippen LogP contribution < -0.4 is 14.9 Å². The summed E-state index contributed by atoms with van der Waals surface area (Å²) in [7, 11) is 0. The number of anilines is 1. The van der Waals surface area contributed by atoms with E-state index in [1.54, 1.807) is 47.6 Å². The summed E-state index contributed by atoms with van der Waals surface area (Å²) in [6, 6.07) is 16.4. The molecule has 2 aromatic carbocycles. The zero-order valence-electron chi connectivity index (χ0n) is 25.2. The van der Waals surface area contributed by atoms with E-state index in [2.05, 4.69) is 23.9 Å². The number of hydrogen-bond donors (Lipinski definition) is 3. The van der Waals surface area contributed by atoms with Crippen LogP contribution in [0.1, 0.15) is 64.0 Å². The van der Waals surface area contributed by atoms with Crippen LogP contribution in [0.15, 0.2) is 83.1 Å². The Morgan fingerprint density at radius 2 is 1.66 bits per heavy atom. The van der Waals surface area contributed by atoms with E-state index in [1.165, 1.54) is 23.7 Å². The molecular formula is C33H39N3O6S2. The highest BCUT2D eigenvalue weighted by molar-refractivity contribution is 8.01. The number of carbonyl (C=O) groups is 4. The van der Waals surface area contributed by atoms with Crippen molar-refractivity contribution in [1.29, 1.82) is 0 Å². The van der Waals surface area contributed by atoms with Crippen LogP contribution >= 0.6 is 23.7 Å². The zero-order valence-corrected chi connectivity index (χ0v) is 26.8. The molecule has 1 aliphatic carbocycles. The second-order valence-electron chi connectivity index (χ2n) is 10.7. The first-order valence-electron chi connectivity index (χ1n) is 14.8. The molecule has 2 atom stereocenters. The second kappa shape index (κ2) is 15.5. The maximum Gasteiger partial charge on any atom is 0.330 e. The third-order valence-electron chi connectivity index (χ3n) is 7.65. The number of para-hydroxylation sites is 1. The first-order chi connectivity index (χ1) is 21.3. The molecule has 2 amide bonds. The van der Waals surface area contributed by atoms with Gasteiger partial charge in [0.05, 0.1) is 4.91 Å². The van der Waals surface area contributed by atoms with Crippen molar-refractivity contribution >= 4 is 53.0 Å². The molecule has 0 aromatic heterocycles. The topological polar surface area (TPSA) is 125 Å². The molecule has 0 bridgehead atoms. The molecule has 1 heterocycles. The average molecular weight is 638 g/mol. The van der Waals surface area contributed by atoms with Crippen molar-refractivity contribution in [3.05, 3.63) is 88.7 Å². The van der Waals surface area contributed by atoms with Crippen LogP contribution in [-0.4, -0.2) is 52.3 Å². The molecule has 0 saturated heterocycles. The molecule has 0 saturated carbocycles. The number of nitrogens with one attached hydrogen (secondary N) is 2. The number of thioether (sulfide) groups is 1. The van der Waals surface area contributed by atoms with Gasteiger partial charge in [0.1, 0.15) is 22.2 Å². The van der Waals surface area contributed by atoms with Crippen LogP contribution in [0.4, 0.5) is 5.69 Å². The number of aliphatic carboxylic acids is 1. The molecule has 44 heavy (non-hydrogen) atoms. The average Bonchev–Trinajstić information content (AvgIpc) is 3.15. The van der Waals surface area contributed by atoms with Crippen LogP contribution in [0.3, 0.4) is 0 Å². The van der Waals surface area contributed by atoms with Crippen LogP contribution in [0.25, 0.3) is 0 Å². The second-order valence-corrected chi connectivity index (χ2v) is 12.5. The summed E-state index contributed by atoms with van der Waals surface area (Å²) in [5, 5.41) is 11.4. The Kier molecular flexibility index (Phi) is 11.7. The highest BCUT2D eigenvalue weighted by Crippen LogP contribution is 2.43. The Labute approximate surface area is 267 Å². The number of nitrogens with zero attached hydrogens (tertiary/aromatic N) is 1. The highest BCUT2D eigenvalue weighted by Gasteiger charge is 2.48. The quantitative estimate of drug-likeness (QED) is 0.222. The first kappa shape index (κ1) is 33.4. The van der Waals surface area contributed by atoms with Crippen molar-refractivity contribution in [2.24, 2.45) is 0 Å². The number of ketones is 1. The van der Waals surface area contributed by atoms with E-state index >= 15 is 0 Å². The minimum atomic E-state index is -1.24. The van der Waals surface area contributed by atoms with Crippen molar-refractivity contribution in [2.75, 3.05) is 17.8 Å². The lowest BCUT2D eigenvalue weighted by molar-refractivity contribution is -0.142. The SMILES string of the molecule is CCCCC1(CCCC)NSC2=C(C(=O)C(SC)C(OCC(=O)N[C@@H](C(=O)O)c3ccccc3)=C2)N(c2ccccc2)C1=O. The molecule has 0 fully saturated rings. The predicted molar refractivity (Wildman–Crippen MR) is 175 cm³/mol. The molecular weight excluding hydrogens is 599 g/mol. The normalized spacial score (nSPS) is 18.7. The number of amides is 2. The van der Waals surface area contributed by atoms with Crippen molar-refractivity contribution in [3.63, 3.8) is 0 Å². The Morgan fingerprint density at radius 3 is 2.23 bits per heavy atom. The van der Waals surface area contributed by atoms with Gasteiger partial charge in [-0.1, -0.05) is 88.1 Å². The summed E-state index contributed by atoms with van der Waals surface area (Å²) in [6.07, 6.45) is 8.27. The Morgan fingerprint density at radius 1 is 1.05 bits per heavy atom. The molecule has 9 nitrogen and oxygen atoms in total. The minimum Gasteiger partial charge on any atom is -0.486 e. The number of carbonyl (C=O) groups excluding carboxylic acids is 3. The first-order valence-corrected chi connectivity index (χ1v) is 16.9. The lowest BCUT2D eigenvalue weighted by Crippen LogP contribution is -2.55. The number of hydrogen-bond acceptors (Lipinski definition) is 8. The maximum atomic E-state index is 14.6. The number of carboxylic acids is 1. The summed E-state index contributed by atoms with van der Waals surface area (Å²) in [5.74, 6) is -2.03. The van der Waals surface area contributed by atoms with Crippen molar-refractivity contribution < 1.29 is 29.0 Å². The lowest BCUT2D eigenvalue weighted by Gasteiger charge is -2.36. The number of Topliss-reactive ketones (excluding diaryl/α,β-unsaturated/α-hetero) is 1. The van der Waals surface area contributed by atoms with E-state index in [0.29, 0.717) is 29.0 Å². The van der Waals surface area contributed by atoms with Gasteiger partial charge in [-0.15, -0.1) is 11.8 Å². The van der Waals surface area contributed by atoms with E-state index in [1.807, 2.05) is 30.3 Å². The van der Waals surface area contributed by atoms with Crippen LogP contribution in [0, 0.1) is 0 Å². The Bertz CT molecular complexity index is 1410. The number of rotatable bonds is 14. The van der Waals surface area contributed by atoms with E-state index in [4.69, 9.17) is 4.74 Å². The molecule has 234 valence electrons. The van der Waals surface area contributed by atoms with Gasteiger partial charge in [-0.25, -0.2) is 9.52 Å². The van der Waals surface area contributed by atoms with Gasteiger partial charge in [0.25, 0.3) is 11.8 Å². The van der Waals surface area contributed by atoms with Gasteiger partial charge < -0.3 is 15.2 Å². The molecule has 1 aliphatic heterocycles. The number of allylic oxidation sites excluding steroid dienone is 2. The van der Waals surface area contributed by atoms with Gasteiger partial charge in [-0.3, -0.25) is 19.3 Å². The van der Waals surface area contributed by atoms with E-state index in [-0.39, 0.29) is 23.1 Å². The summed E-state index contributed by atoms with van der Waals surface area (Å²) < 4.78 is 9.38. The third-order valence-corrected chi connectivity index (χ3v) is 9.59. The molecule has 3 N–H and O–H groups in total. The molecule has 1 unspecified atom stereocenters. The molecule has 2 aromatic rings. The number of ether oxygens (including phenoxy) is 1. The number of carboxylic acid groups (broad SMARTS) is 1. The molecule has 0 spiro atoms. The third kappa shape index (κ3) is 7.39. The van der Waals surface area contributed by atoms with Crippen LogP contribution in [0.2, 0.25) is 0 Å².